The van der Waals surface area contributed by atoms with E-state index in [1.165, 1.54) is 0 Å². The van der Waals surface area contributed by atoms with Crippen LogP contribution in [-0.4, -0.2) is 39.9 Å². The zero-order valence-electron chi connectivity index (χ0n) is 16.5. The Morgan fingerprint density at radius 1 is 1.04 bits per heavy atom. The molecule has 0 spiro atoms. The van der Waals surface area contributed by atoms with Crippen molar-refractivity contribution in [1.29, 1.82) is 0 Å². The van der Waals surface area contributed by atoms with Crippen molar-refractivity contribution in [3.8, 4) is 17.2 Å². The molecule has 0 heterocycles. The molecule has 2 aromatic rings. The number of nitrogens with one attached hydrogen (secondary N) is 2. The number of ether oxygens (including phenoxy) is 3. The number of methoxy groups -OCH3 is 2. The first-order valence-corrected chi connectivity index (χ1v) is 9.01. The number of benzene rings is 2. The van der Waals surface area contributed by atoms with Crippen LogP contribution < -0.4 is 24.8 Å². The Morgan fingerprint density at radius 3 is 2.32 bits per heavy atom. The van der Waals surface area contributed by atoms with E-state index >= 15 is 0 Å². The van der Waals surface area contributed by atoms with Crippen LogP contribution in [0.25, 0.3) is 0 Å². The summed E-state index contributed by atoms with van der Waals surface area (Å²) in [6.07, 6.45) is -0.0363. The molecule has 28 heavy (non-hydrogen) atoms. The van der Waals surface area contributed by atoms with Gasteiger partial charge in [0, 0.05) is 18.6 Å². The van der Waals surface area contributed by atoms with E-state index in [0.29, 0.717) is 35.6 Å². The van der Waals surface area contributed by atoms with Gasteiger partial charge in [0.1, 0.15) is 11.9 Å². The fraction of sp³-hybridized carbons (Fsp3) is 0.350. The van der Waals surface area contributed by atoms with Gasteiger partial charge in [0.2, 0.25) is 0 Å². The summed E-state index contributed by atoms with van der Waals surface area (Å²) in [5.74, 6) is 2.87. The van der Waals surface area contributed by atoms with Crippen LogP contribution >= 0.6 is 35.6 Å². The largest absolute Gasteiger partial charge is 0.493 e. The lowest BCUT2D eigenvalue weighted by molar-refractivity contribution is 0.224. The fourth-order valence-corrected chi connectivity index (χ4v) is 2.55. The summed E-state index contributed by atoms with van der Waals surface area (Å²) in [5.41, 5.74) is 1.06. The minimum atomic E-state index is -0.0363. The van der Waals surface area contributed by atoms with E-state index in [2.05, 4.69) is 15.6 Å². The molecule has 0 aliphatic carbocycles. The third kappa shape index (κ3) is 7.63. The quantitative estimate of drug-likeness (QED) is 0.312. The third-order valence-corrected chi connectivity index (χ3v) is 4.09. The topological polar surface area (TPSA) is 64.1 Å². The van der Waals surface area contributed by atoms with E-state index in [1.807, 2.05) is 37.3 Å². The van der Waals surface area contributed by atoms with Gasteiger partial charge >= 0.3 is 0 Å². The molecule has 0 bridgehead atoms. The smallest absolute Gasteiger partial charge is 0.191 e. The molecule has 2 aromatic carbocycles. The second kappa shape index (κ2) is 12.6. The zero-order valence-corrected chi connectivity index (χ0v) is 19.6. The molecular formula is C20H27ClIN3O3. The Bertz CT molecular complexity index is 757. The molecule has 6 nitrogen and oxygen atoms in total. The number of guanidine groups is 1. The Morgan fingerprint density at radius 2 is 1.71 bits per heavy atom. The fourth-order valence-electron chi connectivity index (χ4n) is 2.42. The minimum Gasteiger partial charge on any atom is -0.493 e. The molecule has 0 saturated carbocycles. The number of rotatable bonds is 8. The second-order valence-electron chi connectivity index (χ2n) is 5.88. The lowest BCUT2D eigenvalue weighted by Crippen LogP contribution is -2.41. The zero-order chi connectivity index (χ0) is 19.6. The van der Waals surface area contributed by atoms with Gasteiger partial charge in [-0.1, -0.05) is 17.7 Å². The molecule has 0 amide bonds. The van der Waals surface area contributed by atoms with E-state index < -0.39 is 0 Å². The van der Waals surface area contributed by atoms with Crippen LogP contribution in [0.2, 0.25) is 5.02 Å². The normalized spacial score (nSPS) is 11.8. The van der Waals surface area contributed by atoms with E-state index in [9.17, 15) is 0 Å². The van der Waals surface area contributed by atoms with Crippen LogP contribution in [0.4, 0.5) is 0 Å². The van der Waals surface area contributed by atoms with Crippen LogP contribution in [0.5, 0.6) is 17.2 Å². The third-order valence-electron chi connectivity index (χ3n) is 3.84. The molecule has 1 unspecified atom stereocenters. The summed E-state index contributed by atoms with van der Waals surface area (Å²) in [4.78, 5) is 4.24. The molecule has 2 N–H and O–H groups in total. The predicted molar refractivity (Wildman–Crippen MR) is 125 cm³/mol. The van der Waals surface area contributed by atoms with Gasteiger partial charge < -0.3 is 24.8 Å². The maximum Gasteiger partial charge on any atom is 0.191 e. The maximum atomic E-state index is 5.88. The van der Waals surface area contributed by atoms with E-state index in [0.717, 1.165) is 11.3 Å². The molecule has 0 radical (unpaired) electrons. The van der Waals surface area contributed by atoms with Crippen LogP contribution in [0.3, 0.4) is 0 Å². The number of hydrogen-bond acceptors (Lipinski definition) is 4. The van der Waals surface area contributed by atoms with Crippen molar-refractivity contribution in [1.82, 2.24) is 10.6 Å². The number of nitrogens with zero attached hydrogens (tertiary/aromatic N) is 1. The second-order valence-corrected chi connectivity index (χ2v) is 6.31. The Labute approximate surface area is 188 Å². The first-order valence-electron chi connectivity index (χ1n) is 8.63. The Hall–Kier alpha value is -1.87. The van der Waals surface area contributed by atoms with Crippen molar-refractivity contribution in [3.63, 3.8) is 0 Å². The molecule has 0 saturated heterocycles. The van der Waals surface area contributed by atoms with Crippen LogP contribution in [-0.2, 0) is 6.54 Å². The van der Waals surface area contributed by atoms with E-state index in [4.69, 9.17) is 25.8 Å². The Balaban J connectivity index is 0.00000392. The minimum absolute atomic E-state index is 0. The average molecular weight is 520 g/mol. The number of aliphatic imine (C=N–C) groups is 1. The summed E-state index contributed by atoms with van der Waals surface area (Å²) in [6, 6.07) is 13.1. The highest BCUT2D eigenvalue weighted by Crippen LogP contribution is 2.27. The molecule has 8 heteroatoms. The van der Waals surface area contributed by atoms with E-state index in [1.54, 1.807) is 33.4 Å². The summed E-state index contributed by atoms with van der Waals surface area (Å²) >= 11 is 5.88. The van der Waals surface area contributed by atoms with Crippen LogP contribution in [0.1, 0.15) is 12.5 Å². The molecule has 1 atom stereocenters. The summed E-state index contributed by atoms with van der Waals surface area (Å²) in [7, 11) is 4.97. The van der Waals surface area contributed by atoms with Crippen LogP contribution in [0, 0.1) is 0 Å². The standard InChI is InChI=1S/C20H26ClN3O3.HI/c1-14(27-17-8-6-16(21)7-9-17)12-23-20(22-2)24-13-15-5-10-18(25-3)19(11-15)26-4;/h5-11,14H,12-13H2,1-4H3,(H2,22,23,24);1H. The summed E-state index contributed by atoms with van der Waals surface area (Å²) in [6.45, 7) is 3.20. The first kappa shape index (κ1) is 24.2. The summed E-state index contributed by atoms with van der Waals surface area (Å²) in [5, 5.41) is 7.21. The van der Waals surface area contributed by atoms with Crippen molar-refractivity contribution < 1.29 is 14.2 Å². The molecule has 0 aliphatic rings. The van der Waals surface area contributed by atoms with Crippen molar-refractivity contribution in [2.75, 3.05) is 27.8 Å². The van der Waals surface area contributed by atoms with Crippen molar-refractivity contribution in [2.45, 2.75) is 19.6 Å². The van der Waals surface area contributed by atoms with E-state index in [-0.39, 0.29) is 30.1 Å². The summed E-state index contributed by atoms with van der Waals surface area (Å²) < 4.78 is 16.4. The van der Waals surface area contributed by atoms with Gasteiger partial charge in [0.25, 0.3) is 0 Å². The van der Waals surface area contributed by atoms with Gasteiger partial charge in [-0.15, -0.1) is 24.0 Å². The van der Waals surface area contributed by atoms with Crippen LogP contribution in [0.15, 0.2) is 47.5 Å². The predicted octanol–water partition coefficient (Wildman–Crippen LogP) is 4.11. The molecule has 0 fully saturated rings. The van der Waals surface area contributed by atoms with Crippen molar-refractivity contribution >= 4 is 41.5 Å². The molecule has 2 rings (SSSR count). The van der Waals surface area contributed by atoms with Crippen molar-refractivity contribution in [2.24, 2.45) is 4.99 Å². The van der Waals surface area contributed by atoms with Gasteiger partial charge in [-0.3, -0.25) is 4.99 Å². The van der Waals surface area contributed by atoms with Gasteiger partial charge in [0.15, 0.2) is 17.5 Å². The number of hydrogen-bond donors (Lipinski definition) is 2. The molecule has 154 valence electrons. The average Bonchev–Trinajstić information content (AvgIpc) is 2.69. The van der Waals surface area contributed by atoms with Gasteiger partial charge in [-0.2, -0.15) is 0 Å². The van der Waals surface area contributed by atoms with Crippen molar-refractivity contribution in [3.05, 3.63) is 53.1 Å². The molecule has 0 aromatic heterocycles. The highest BCUT2D eigenvalue weighted by Gasteiger charge is 2.08. The van der Waals surface area contributed by atoms with Gasteiger partial charge in [-0.05, 0) is 48.9 Å². The highest BCUT2D eigenvalue weighted by molar-refractivity contribution is 14.0. The maximum absolute atomic E-state index is 5.88. The molecular weight excluding hydrogens is 493 g/mol. The van der Waals surface area contributed by atoms with Gasteiger partial charge in [-0.25, -0.2) is 0 Å². The Kier molecular flexibility index (Phi) is 10.8. The lowest BCUT2D eigenvalue weighted by Gasteiger charge is -2.18. The SMILES string of the molecule is CN=C(NCc1ccc(OC)c(OC)c1)NCC(C)Oc1ccc(Cl)cc1.I. The monoisotopic (exact) mass is 519 g/mol. The first-order chi connectivity index (χ1) is 13.0. The number of halogens is 2. The van der Waals surface area contributed by atoms with Gasteiger partial charge in [0.05, 0.1) is 20.8 Å². The highest BCUT2D eigenvalue weighted by atomic mass is 127. The lowest BCUT2D eigenvalue weighted by atomic mass is 10.2. The molecule has 0 aliphatic heterocycles.